The summed E-state index contributed by atoms with van der Waals surface area (Å²) in [6, 6.07) is 39.5. The molecule has 2 N–H and O–H groups in total. The Morgan fingerprint density at radius 3 is 1.92 bits per heavy atom. The molecule has 0 bridgehead atoms. The third-order valence-corrected chi connectivity index (χ3v) is 7.25. The highest BCUT2D eigenvalue weighted by Crippen LogP contribution is 2.40. The topological polar surface area (TPSA) is 66.0 Å². The van der Waals surface area contributed by atoms with Crippen LogP contribution in [0.15, 0.2) is 127 Å². The van der Waals surface area contributed by atoms with Gasteiger partial charge < -0.3 is 10.5 Å². The summed E-state index contributed by atoms with van der Waals surface area (Å²) in [6.45, 7) is 1.14. The zero-order valence-corrected chi connectivity index (χ0v) is 21.4. The summed E-state index contributed by atoms with van der Waals surface area (Å²) in [7, 11) is 0. The number of ether oxygens (including phenoxy) is 1. The second-order valence-electron chi connectivity index (χ2n) is 8.68. The van der Waals surface area contributed by atoms with Crippen LogP contribution in [0.1, 0.15) is 28.7 Å². The standard InChI is InChI=1S/C31H30N4OS/c32-23-25-12-10-19-29(22-25)36-20-11-21-37-30-33-24-35(34-30)31(26-13-4-1-5-14-26,27-15-6-2-7-16-27)28-17-8-3-9-18-28/h1-10,12-19,22,24H,11,20-21,23,32H2. The molecular formula is C31H30N4OS. The van der Waals surface area contributed by atoms with E-state index in [1.54, 1.807) is 11.8 Å². The van der Waals surface area contributed by atoms with E-state index < -0.39 is 5.54 Å². The van der Waals surface area contributed by atoms with Crippen LogP contribution in [0.4, 0.5) is 0 Å². The molecule has 4 aromatic carbocycles. The Morgan fingerprint density at radius 1 is 0.757 bits per heavy atom. The minimum atomic E-state index is -0.646. The molecule has 0 radical (unpaired) electrons. The first kappa shape index (κ1) is 24.8. The first-order chi connectivity index (χ1) is 18.3. The highest BCUT2D eigenvalue weighted by molar-refractivity contribution is 7.99. The predicted molar refractivity (Wildman–Crippen MR) is 150 cm³/mol. The van der Waals surface area contributed by atoms with E-state index >= 15 is 0 Å². The van der Waals surface area contributed by atoms with E-state index in [2.05, 4.69) is 72.8 Å². The van der Waals surface area contributed by atoms with Crippen LogP contribution >= 0.6 is 11.8 Å². The lowest BCUT2D eigenvalue weighted by molar-refractivity contribution is 0.318. The molecule has 186 valence electrons. The second kappa shape index (κ2) is 11.9. The smallest absolute Gasteiger partial charge is 0.208 e. The molecule has 0 fully saturated rings. The normalized spacial score (nSPS) is 11.4. The van der Waals surface area contributed by atoms with Gasteiger partial charge in [-0.25, -0.2) is 9.67 Å². The molecule has 1 aromatic heterocycles. The van der Waals surface area contributed by atoms with Gasteiger partial charge in [0.2, 0.25) is 5.16 Å². The van der Waals surface area contributed by atoms with Gasteiger partial charge in [0.1, 0.15) is 17.6 Å². The molecule has 0 aliphatic carbocycles. The Morgan fingerprint density at radius 2 is 1.35 bits per heavy atom. The molecule has 1 heterocycles. The third kappa shape index (κ3) is 5.45. The van der Waals surface area contributed by atoms with E-state index in [9.17, 15) is 0 Å². The van der Waals surface area contributed by atoms with Crippen LogP contribution in [0.25, 0.3) is 0 Å². The summed E-state index contributed by atoms with van der Waals surface area (Å²) in [5.41, 5.74) is 9.53. The zero-order chi connectivity index (χ0) is 25.3. The maximum absolute atomic E-state index is 5.90. The average Bonchev–Trinajstić information content (AvgIpc) is 3.44. The van der Waals surface area contributed by atoms with Crippen molar-refractivity contribution in [2.75, 3.05) is 12.4 Å². The molecule has 0 spiro atoms. The largest absolute Gasteiger partial charge is 0.494 e. The van der Waals surface area contributed by atoms with Gasteiger partial charge in [0.05, 0.1) is 6.61 Å². The lowest BCUT2D eigenvalue weighted by Crippen LogP contribution is -2.38. The molecule has 0 amide bonds. The van der Waals surface area contributed by atoms with Crippen molar-refractivity contribution in [1.29, 1.82) is 0 Å². The van der Waals surface area contributed by atoms with Gasteiger partial charge in [-0.05, 0) is 40.8 Å². The molecular weight excluding hydrogens is 476 g/mol. The molecule has 0 unspecified atom stereocenters. The Labute approximate surface area is 222 Å². The fourth-order valence-corrected chi connectivity index (χ4v) is 5.30. The maximum Gasteiger partial charge on any atom is 0.208 e. The first-order valence-corrected chi connectivity index (χ1v) is 13.4. The van der Waals surface area contributed by atoms with Crippen LogP contribution < -0.4 is 10.5 Å². The van der Waals surface area contributed by atoms with Crippen LogP contribution in [0.2, 0.25) is 0 Å². The molecule has 5 nitrogen and oxygen atoms in total. The van der Waals surface area contributed by atoms with Crippen LogP contribution in [-0.4, -0.2) is 27.1 Å². The van der Waals surface area contributed by atoms with Gasteiger partial charge in [0.15, 0.2) is 0 Å². The van der Waals surface area contributed by atoms with Gasteiger partial charge in [-0.3, -0.25) is 0 Å². The number of benzene rings is 4. The van der Waals surface area contributed by atoms with Crippen molar-refractivity contribution < 1.29 is 4.74 Å². The zero-order valence-electron chi connectivity index (χ0n) is 20.6. The van der Waals surface area contributed by atoms with Crippen LogP contribution in [-0.2, 0) is 12.1 Å². The van der Waals surface area contributed by atoms with Gasteiger partial charge in [0.25, 0.3) is 0 Å². The number of thioether (sulfide) groups is 1. The Bertz CT molecular complexity index is 1290. The summed E-state index contributed by atoms with van der Waals surface area (Å²) in [6.07, 6.45) is 2.73. The lowest BCUT2D eigenvalue weighted by Gasteiger charge is -2.35. The summed E-state index contributed by atoms with van der Waals surface area (Å²) < 4.78 is 7.91. The van der Waals surface area contributed by atoms with E-state index in [0.29, 0.717) is 13.2 Å². The average molecular weight is 507 g/mol. The van der Waals surface area contributed by atoms with Crippen molar-refractivity contribution in [1.82, 2.24) is 14.8 Å². The third-order valence-electron chi connectivity index (χ3n) is 6.31. The van der Waals surface area contributed by atoms with Crippen LogP contribution in [0.5, 0.6) is 5.75 Å². The Balaban J connectivity index is 1.38. The number of rotatable bonds is 11. The molecule has 5 rings (SSSR count). The quantitative estimate of drug-likeness (QED) is 0.132. The highest BCUT2D eigenvalue weighted by atomic mass is 32.2. The van der Waals surface area contributed by atoms with Crippen molar-refractivity contribution >= 4 is 11.8 Å². The van der Waals surface area contributed by atoms with Gasteiger partial charge >= 0.3 is 0 Å². The monoisotopic (exact) mass is 506 g/mol. The summed E-state index contributed by atoms with van der Waals surface area (Å²) in [5, 5.41) is 5.75. The van der Waals surface area contributed by atoms with Crippen molar-refractivity contribution in [3.8, 4) is 5.75 Å². The molecule has 5 aromatic rings. The SMILES string of the molecule is NCc1cccc(OCCCSc2ncn(C(c3ccccc3)(c3ccccc3)c3ccccc3)n2)c1. The molecule has 6 heteroatoms. The van der Waals surface area contributed by atoms with Crippen LogP contribution in [0, 0.1) is 0 Å². The fraction of sp³-hybridized carbons (Fsp3) is 0.161. The minimum absolute atomic E-state index is 0.512. The molecule has 0 saturated carbocycles. The first-order valence-electron chi connectivity index (χ1n) is 12.4. The summed E-state index contributed by atoms with van der Waals surface area (Å²) >= 11 is 1.64. The Kier molecular flexibility index (Phi) is 7.99. The van der Waals surface area contributed by atoms with Crippen molar-refractivity contribution in [3.05, 3.63) is 144 Å². The number of aromatic nitrogens is 3. The molecule has 37 heavy (non-hydrogen) atoms. The summed E-state index contributed by atoms with van der Waals surface area (Å²) in [4.78, 5) is 4.70. The van der Waals surface area contributed by atoms with Gasteiger partial charge in [-0.15, -0.1) is 5.10 Å². The number of hydrogen-bond acceptors (Lipinski definition) is 5. The summed E-state index contributed by atoms with van der Waals surface area (Å²) in [5.74, 6) is 1.71. The van der Waals surface area contributed by atoms with Crippen LogP contribution in [0.3, 0.4) is 0 Å². The number of hydrogen-bond donors (Lipinski definition) is 1. The van der Waals surface area contributed by atoms with Crippen molar-refractivity contribution in [3.63, 3.8) is 0 Å². The fourth-order valence-electron chi connectivity index (χ4n) is 4.59. The van der Waals surface area contributed by atoms with E-state index in [-0.39, 0.29) is 0 Å². The van der Waals surface area contributed by atoms with E-state index in [0.717, 1.165) is 45.3 Å². The van der Waals surface area contributed by atoms with E-state index in [1.165, 1.54) is 0 Å². The predicted octanol–water partition coefficient (Wildman–Crippen LogP) is 6.14. The maximum atomic E-state index is 5.90. The van der Waals surface area contributed by atoms with Crippen molar-refractivity contribution in [2.24, 2.45) is 5.73 Å². The van der Waals surface area contributed by atoms with E-state index in [1.807, 2.05) is 53.5 Å². The highest BCUT2D eigenvalue weighted by Gasteiger charge is 2.39. The van der Waals surface area contributed by atoms with Crippen molar-refractivity contribution in [2.45, 2.75) is 23.7 Å². The number of nitrogens with zero attached hydrogens (tertiary/aromatic N) is 3. The van der Waals surface area contributed by atoms with Gasteiger partial charge in [-0.2, -0.15) is 0 Å². The van der Waals surface area contributed by atoms with Gasteiger partial charge in [0, 0.05) is 12.3 Å². The number of nitrogens with two attached hydrogens (primary N) is 1. The molecule has 0 aliphatic heterocycles. The Hall–Kier alpha value is -3.87. The van der Waals surface area contributed by atoms with E-state index in [4.69, 9.17) is 20.6 Å². The lowest BCUT2D eigenvalue weighted by atomic mass is 9.77. The second-order valence-corrected chi connectivity index (χ2v) is 9.74. The molecule has 0 aliphatic rings. The molecule has 0 atom stereocenters. The minimum Gasteiger partial charge on any atom is -0.494 e. The van der Waals surface area contributed by atoms with Gasteiger partial charge in [-0.1, -0.05) is 115 Å². The molecule has 0 saturated heterocycles.